The van der Waals surface area contributed by atoms with Crippen LogP contribution in [0.2, 0.25) is 0 Å². The predicted octanol–water partition coefficient (Wildman–Crippen LogP) is 3.24. The minimum atomic E-state index is -3.27. The van der Waals surface area contributed by atoms with E-state index in [-0.39, 0.29) is 16.2 Å². The van der Waals surface area contributed by atoms with Crippen LogP contribution in [-0.2, 0) is 16.3 Å². The van der Waals surface area contributed by atoms with E-state index >= 15 is 0 Å². The van der Waals surface area contributed by atoms with Crippen LogP contribution in [0.5, 0.6) is 0 Å². The standard InChI is InChI=1S/C20H21NO3S/c1-20(2)13-15-6-4-5-7-17(15)18(21-20)12-19(22)14-8-10-16(11-9-14)25(3,23)24/h4-12,21H,13H2,1-3H3. The molecule has 0 saturated heterocycles. The van der Waals surface area contributed by atoms with Gasteiger partial charge in [-0.25, -0.2) is 8.42 Å². The smallest absolute Gasteiger partial charge is 0.187 e. The van der Waals surface area contributed by atoms with Crippen LogP contribution < -0.4 is 5.32 Å². The maximum atomic E-state index is 12.6. The van der Waals surface area contributed by atoms with Crippen LogP contribution >= 0.6 is 0 Å². The van der Waals surface area contributed by atoms with E-state index in [1.54, 1.807) is 18.2 Å². The fourth-order valence-corrected chi connectivity index (χ4v) is 3.71. The lowest BCUT2D eigenvalue weighted by Crippen LogP contribution is -2.43. The fraction of sp³-hybridized carbons (Fsp3) is 0.250. The van der Waals surface area contributed by atoms with Crippen molar-refractivity contribution >= 4 is 21.3 Å². The molecule has 4 nitrogen and oxygen atoms in total. The van der Waals surface area contributed by atoms with E-state index in [1.165, 1.54) is 17.7 Å². The van der Waals surface area contributed by atoms with Crippen molar-refractivity contribution in [3.8, 4) is 0 Å². The van der Waals surface area contributed by atoms with Gasteiger partial charge in [0, 0.05) is 34.7 Å². The molecule has 0 aliphatic carbocycles. The van der Waals surface area contributed by atoms with Crippen LogP contribution in [0.25, 0.3) is 5.70 Å². The van der Waals surface area contributed by atoms with Gasteiger partial charge in [-0.15, -0.1) is 0 Å². The first kappa shape index (κ1) is 17.4. The number of carbonyl (C=O) groups excluding carboxylic acids is 1. The number of ketones is 1. The molecule has 0 spiro atoms. The van der Waals surface area contributed by atoms with E-state index in [0.29, 0.717) is 5.56 Å². The molecule has 0 fully saturated rings. The highest BCUT2D eigenvalue weighted by Crippen LogP contribution is 2.29. The lowest BCUT2D eigenvalue weighted by atomic mass is 9.85. The van der Waals surface area contributed by atoms with Gasteiger partial charge in [-0.05, 0) is 50.1 Å². The Balaban J connectivity index is 1.96. The van der Waals surface area contributed by atoms with Gasteiger partial charge < -0.3 is 5.32 Å². The molecular formula is C20H21NO3S. The van der Waals surface area contributed by atoms with Gasteiger partial charge in [0.2, 0.25) is 0 Å². The van der Waals surface area contributed by atoms with Gasteiger partial charge in [-0.3, -0.25) is 4.79 Å². The Bertz CT molecular complexity index is 955. The maximum Gasteiger partial charge on any atom is 0.187 e. The van der Waals surface area contributed by atoms with Crippen molar-refractivity contribution in [2.75, 3.05) is 6.26 Å². The number of carbonyl (C=O) groups is 1. The van der Waals surface area contributed by atoms with Crippen LogP contribution in [0.15, 0.2) is 59.5 Å². The molecule has 3 rings (SSSR count). The van der Waals surface area contributed by atoms with Crippen LogP contribution in [-0.4, -0.2) is 26.0 Å². The van der Waals surface area contributed by atoms with Gasteiger partial charge in [-0.1, -0.05) is 24.3 Å². The van der Waals surface area contributed by atoms with E-state index in [2.05, 4.69) is 25.2 Å². The molecule has 1 aliphatic rings. The summed E-state index contributed by atoms with van der Waals surface area (Å²) in [7, 11) is -3.27. The van der Waals surface area contributed by atoms with E-state index in [4.69, 9.17) is 0 Å². The monoisotopic (exact) mass is 355 g/mol. The summed E-state index contributed by atoms with van der Waals surface area (Å²) in [4.78, 5) is 12.8. The number of hydrogen-bond donors (Lipinski definition) is 1. The summed E-state index contributed by atoms with van der Waals surface area (Å²) in [6.07, 6.45) is 3.63. The second-order valence-corrected chi connectivity index (χ2v) is 9.08. The van der Waals surface area contributed by atoms with Gasteiger partial charge >= 0.3 is 0 Å². The average Bonchev–Trinajstić information content (AvgIpc) is 2.53. The Morgan fingerprint density at radius 1 is 1.08 bits per heavy atom. The SMILES string of the molecule is CC1(C)Cc2ccccc2C(=CC(=O)c2ccc(S(C)(=O)=O)cc2)N1. The van der Waals surface area contributed by atoms with Crippen LogP contribution in [0.3, 0.4) is 0 Å². The third-order valence-corrected chi connectivity index (χ3v) is 5.38. The van der Waals surface area contributed by atoms with Crippen molar-refractivity contribution in [2.24, 2.45) is 0 Å². The number of benzene rings is 2. The van der Waals surface area contributed by atoms with Gasteiger partial charge in [0.15, 0.2) is 15.6 Å². The van der Waals surface area contributed by atoms with E-state index in [0.717, 1.165) is 23.9 Å². The largest absolute Gasteiger partial charge is 0.379 e. The average molecular weight is 355 g/mol. The Labute approximate surface area is 148 Å². The Hall–Kier alpha value is -2.40. The van der Waals surface area contributed by atoms with Crippen molar-refractivity contribution in [3.05, 3.63) is 71.3 Å². The highest BCUT2D eigenvalue weighted by atomic mass is 32.2. The van der Waals surface area contributed by atoms with E-state index in [9.17, 15) is 13.2 Å². The van der Waals surface area contributed by atoms with Crippen molar-refractivity contribution in [3.63, 3.8) is 0 Å². The zero-order valence-corrected chi connectivity index (χ0v) is 15.4. The first-order valence-electron chi connectivity index (χ1n) is 8.08. The van der Waals surface area contributed by atoms with Crippen LogP contribution in [0.1, 0.15) is 35.3 Å². The molecule has 1 aliphatic heterocycles. The molecule has 0 unspecified atom stereocenters. The van der Waals surface area contributed by atoms with Gasteiger partial charge in [0.25, 0.3) is 0 Å². The highest BCUT2D eigenvalue weighted by molar-refractivity contribution is 7.90. The molecule has 5 heteroatoms. The number of rotatable bonds is 3. The zero-order chi connectivity index (χ0) is 18.2. The summed E-state index contributed by atoms with van der Waals surface area (Å²) in [6.45, 7) is 4.20. The van der Waals surface area contributed by atoms with Gasteiger partial charge in [-0.2, -0.15) is 0 Å². The third kappa shape index (κ3) is 3.82. The first-order chi connectivity index (χ1) is 11.7. The number of hydrogen-bond acceptors (Lipinski definition) is 4. The Kier molecular flexibility index (Phi) is 4.29. The highest BCUT2D eigenvalue weighted by Gasteiger charge is 2.27. The molecule has 0 atom stereocenters. The molecule has 0 radical (unpaired) electrons. The van der Waals surface area contributed by atoms with Gasteiger partial charge in [0.1, 0.15) is 0 Å². The predicted molar refractivity (Wildman–Crippen MR) is 99.2 cm³/mol. The van der Waals surface area contributed by atoms with Crippen LogP contribution in [0, 0.1) is 0 Å². The second-order valence-electron chi connectivity index (χ2n) is 7.06. The molecule has 0 aromatic heterocycles. The number of fused-ring (bicyclic) bond motifs is 1. The summed E-state index contributed by atoms with van der Waals surface area (Å²) in [6, 6.07) is 14.1. The third-order valence-electron chi connectivity index (χ3n) is 4.26. The number of nitrogens with one attached hydrogen (secondary N) is 1. The molecule has 25 heavy (non-hydrogen) atoms. The van der Waals surface area contributed by atoms with Gasteiger partial charge in [0.05, 0.1) is 4.90 Å². The molecule has 1 N–H and O–H groups in total. The molecule has 0 saturated carbocycles. The zero-order valence-electron chi connectivity index (χ0n) is 14.5. The second kappa shape index (κ2) is 6.15. The van der Waals surface area contributed by atoms with Crippen molar-refractivity contribution < 1.29 is 13.2 Å². The Morgan fingerprint density at radius 2 is 1.72 bits per heavy atom. The molecule has 0 bridgehead atoms. The summed E-state index contributed by atoms with van der Waals surface area (Å²) < 4.78 is 23.1. The van der Waals surface area contributed by atoms with E-state index < -0.39 is 9.84 Å². The summed E-state index contributed by atoms with van der Waals surface area (Å²) in [5.41, 5.74) is 3.35. The molecule has 2 aromatic carbocycles. The minimum absolute atomic E-state index is 0.138. The molecule has 130 valence electrons. The first-order valence-corrected chi connectivity index (χ1v) is 9.97. The van der Waals surface area contributed by atoms with Crippen molar-refractivity contribution in [1.29, 1.82) is 0 Å². The fourth-order valence-electron chi connectivity index (χ4n) is 3.08. The lowest BCUT2D eigenvalue weighted by molar-refractivity contribution is 0.104. The summed E-state index contributed by atoms with van der Waals surface area (Å²) in [5, 5.41) is 3.43. The van der Waals surface area contributed by atoms with Crippen molar-refractivity contribution in [2.45, 2.75) is 30.7 Å². The normalized spacial score (nSPS) is 17.6. The topological polar surface area (TPSA) is 63.2 Å². The minimum Gasteiger partial charge on any atom is -0.379 e. The maximum absolute atomic E-state index is 12.6. The number of allylic oxidation sites excluding steroid dienone is 1. The lowest BCUT2D eigenvalue weighted by Gasteiger charge is -2.35. The summed E-state index contributed by atoms with van der Waals surface area (Å²) >= 11 is 0. The Morgan fingerprint density at radius 3 is 2.36 bits per heavy atom. The summed E-state index contributed by atoms with van der Waals surface area (Å²) in [5.74, 6) is -0.157. The van der Waals surface area contributed by atoms with Crippen molar-refractivity contribution in [1.82, 2.24) is 5.32 Å². The molecule has 0 amide bonds. The molecule has 2 aromatic rings. The van der Waals surface area contributed by atoms with Crippen LogP contribution in [0.4, 0.5) is 0 Å². The van der Waals surface area contributed by atoms with E-state index in [1.807, 2.05) is 18.2 Å². The number of sulfone groups is 1. The molecule has 1 heterocycles. The quantitative estimate of drug-likeness (QED) is 0.678. The molecular weight excluding hydrogens is 334 g/mol.